The number of hydrogen-bond acceptors (Lipinski definition) is 5. The molecule has 0 aliphatic rings. The molecule has 28 heavy (non-hydrogen) atoms. The molecule has 2 aromatic carbocycles. The highest BCUT2D eigenvalue weighted by Gasteiger charge is 2.17. The van der Waals surface area contributed by atoms with Crippen molar-refractivity contribution < 1.29 is 10.2 Å². The molecule has 7 heteroatoms. The first-order chi connectivity index (χ1) is 13.7. The zero-order chi connectivity index (χ0) is 19.5. The Balaban J connectivity index is 1.82. The van der Waals surface area contributed by atoms with Gasteiger partial charge in [0.2, 0.25) is 0 Å². The van der Waals surface area contributed by atoms with Gasteiger partial charge in [0.1, 0.15) is 11.6 Å². The molecule has 6 nitrogen and oxygen atoms in total. The number of phenolic OH excluding ortho intramolecular Hbond substituents is 1. The van der Waals surface area contributed by atoms with Crippen LogP contribution in [0.2, 0.25) is 0 Å². The van der Waals surface area contributed by atoms with Crippen LogP contribution in [0.5, 0.6) is 5.75 Å². The van der Waals surface area contributed by atoms with Gasteiger partial charge in [0.15, 0.2) is 5.65 Å². The van der Waals surface area contributed by atoms with Crippen molar-refractivity contribution in [2.45, 2.75) is 12.5 Å². The Labute approximate surface area is 165 Å². The van der Waals surface area contributed by atoms with Gasteiger partial charge in [0, 0.05) is 23.5 Å². The van der Waals surface area contributed by atoms with E-state index in [1.807, 2.05) is 48.5 Å². The summed E-state index contributed by atoms with van der Waals surface area (Å²) >= 11 is 0. The number of anilines is 1. The third-order valence-electron chi connectivity index (χ3n) is 4.62. The van der Waals surface area contributed by atoms with E-state index in [0.717, 1.165) is 16.7 Å². The molecule has 142 valence electrons. The molecular weight excluding hydrogens is 371 g/mol. The topological polar surface area (TPSA) is 82.7 Å². The molecule has 0 amide bonds. The molecule has 4 rings (SSSR count). The second-order valence-electron chi connectivity index (χ2n) is 6.50. The van der Waals surface area contributed by atoms with Crippen LogP contribution in [0.3, 0.4) is 0 Å². The minimum Gasteiger partial charge on any atom is -0.507 e. The van der Waals surface area contributed by atoms with Crippen molar-refractivity contribution in [3.05, 3.63) is 72.4 Å². The summed E-state index contributed by atoms with van der Waals surface area (Å²) in [5.41, 5.74) is 3.05. The Kier molecular flexibility index (Phi) is 5.24. The fourth-order valence-corrected chi connectivity index (χ4v) is 3.48. The van der Waals surface area contributed by atoms with E-state index in [9.17, 15) is 10.2 Å². The van der Waals surface area contributed by atoms with Crippen molar-refractivity contribution in [3.8, 4) is 17.0 Å². The molecule has 0 spiro atoms. The van der Waals surface area contributed by atoms with Crippen LogP contribution in [-0.4, -0.2) is 31.4 Å². The van der Waals surface area contributed by atoms with Gasteiger partial charge in [-0.05, 0) is 24.1 Å². The van der Waals surface area contributed by atoms with Crippen LogP contribution in [0.15, 0.2) is 66.9 Å². The molecule has 0 aliphatic carbocycles. The summed E-state index contributed by atoms with van der Waals surface area (Å²) in [4.78, 5) is 4.68. The molecule has 0 radical (unpaired) electrons. The Morgan fingerprint density at radius 1 is 1.07 bits per heavy atom. The summed E-state index contributed by atoms with van der Waals surface area (Å²) in [6.45, 7) is 0.0567. The predicted octanol–water partition coefficient (Wildman–Crippen LogP) is 3.14. The van der Waals surface area contributed by atoms with Crippen LogP contribution < -0.4 is 10.6 Å². The highest BCUT2D eigenvalue weighted by molar-refractivity contribution is 7.28. The number of aliphatic hydroxyl groups is 1. The van der Waals surface area contributed by atoms with Gasteiger partial charge in [-0.3, -0.25) is 0 Å². The monoisotopic (exact) mass is 392 g/mol. The second-order valence-corrected chi connectivity index (χ2v) is 7.12. The number of phenols is 1. The van der Waals surface area contributed by atoms with Gasteiger partial charge >= 0.3 is 0 Å². The van der Waals surface area contributed by atoms with Crippen LogP contribution in [0.25, 0.3) is 16.9 Å². The molecule has 2 unspecified atom stereocenters. The minimum absolute atomic E-state index is 0.0567. The zero-order valence-corrected chi connectivity index (χ0v) is 16.3. The van der Waals surface area contributed by atoms with Gasteiger partial charge in [-0.15, -0.1) is 0 Å². The average molecular weight is 392 g/mol. The quantitative estimate of drug-likeness (QED) is 0.439. The molecule has 2 atom stereocenters. The normalized spacial score (nSPS) is 12.2. The minimum atomic E-state index is -0.0915. The summed E-state index contributed by atoms with van der Waals surface area (Å²) in [6, 6.07) is 18.9. The van der Waals surface area contributed by atoms with Gasteiger partial charge in [-0.2, -0.15) is 9.61 Å². The van der Waals surface area contributed by atoms with E-state index in [1.54, 1.807) is 22.8 Å². The third-order valence-corrected chi connectivity index (χ3v) is 5.03. The largest absolute Gasteiger partial charge is 0.507 e. The van der Waals surface area contributed by atoms with Crippen molar-refractivity contribution in [2.24, 2.45) is 0 Å². The third kappa shape index (κ3) is 3.57. The number of benzene rings is 2. The summed E-state index contributed by atoms with van der Waals surface area (Å²) in [5, 5.41) is 28.6. The number of rotatable bonds is 6. The van der Waals surface area contributed by atoms with Crippen LogP contribution in [0.4, 0.5) is 5.82 Å². The van der Waals surface area contributed by atoms with Crippen LogP contribution in [0, 0.1) is 0 Å². The molecule has 0 saturated carbocycles. The lowest BCUT2D eigenvalue weighted by molar-refractivity contribution is 0.280. The van der Waals surface area contributed by atoms with Gasteiger partial charge in [-0.1, -0.05) is 51.7 Å². The number of hydrogen-bond donors (Lipinski definition) is 3. The highest BCUT2D eigenvalue weighted by atomic mass is 31.0. The molecule has 0 saturated heterocycles. The Morgan fingerprint density at radius 2 is 1.82 bits per heavy atom. The first kappa shape index (κ1) is 18.4. The number of nitrogens with zero attached hydrogens (tertiary/aromatic N) is 3. The first-order valence-electron chi connectivity index (χ1n) is 9.02. The summed E-state index contributed by atoms with van der Waals surface area (Å²) < 4.78 is 1.74. The molecule has 0 bridgehead atoms. The first-order valence-corrected chi connectivity index (χ1v) is 9.60. The van der Waals surface area contributed by atoms with Gasteiger partial charge < -0.3 is 15.5 Å². The van der Waals surface area contributed by atoms with E-state index in [1.165, 1.54) is 0 Å². The van der Waals surface area contributed by atoms with E-state index in [4.69, 9.17) is 0 Å². The maximum atomic E-state index is 10.3. The molecule has 2 aromatic heterocycles. The molecule has 0 fully saturated rings. The zero-order valence-electron chi connectivity index (χ0n) is 15.2. The number of para-hydroxylation sites is 1. The summed E-state index contributed by atoms with van der Waals surface area (Å²) in [6.07, 6.45) is 2.28. The maximum Gasteiger partial charge on any atom is 0.165 e. The fraction of sp³-hybridized carbons (Fsp3) is 0.143. The van der Waals surface area contributed by atoms with Gasteiger partial charge in [0.05, 0.1) is 17.9 Å². The lowest BCUT2D eigenvalue weighted by Gasteiger charge is -2.20. The van der Waals surface area contributed by atoms with E-state index in [0.29, 0.717) is 23.3 Å². The smallest absolute Gasteiger partial charge is 0.165 e. The number of aromatic hydroxyl groups is 1. The van der Waals surface area contributed by atoms with E-state index in [2.05, 4.69) is 24.6 Å². The molecule has 3 N–H and O–H groups in total. The molecular formula is C21H21N4O2P. The van der Waals surface area contributed by atoms with Crippen molar-refractivity contribution in [3.63, 3.8) is 0 Å². The van der Waals surface area contributed by atoms with Crippen molar-refractivity contribution >= 4 is 26.0 Å². The summed E-state index contributed by atoms with van der Waals surface area (Å²) in [5.74, 6) is 0.907. The molecule has 0 aliphatic heterocycles. The van der Waals surface area contributed by atoms with Crippen molar-refractivity contribution in [2.75, 3.05) is 11.9 Å². The lowest BCUT2D eigenvalue weighted by atomic mass is 10.0. The number of aromatic nitrogens is 3. The second kappa shape index (κ2) is 7.97. The van der Waals surface area contributed by atoms with Crippen molar-refractivity contribution in [1.29, 1.82) is 0 Å². The predicted molar refractivity (Wildman–Crippen MR) is 114 cm³/mol. The van der Waals surface area contributed by atoms with Crippen LogP contribution in [0.1, 0.15) is 18.0 Å². The van der Waals surface area contributed by atoms with Crippen LogP contribution in [-0.2, 0) is 0 Å². The number of aliphatic hydroxyl groups excluding tert-OH is 1. The van der Waals surface area contributed by atoms with Crippen LogP contribution >= 0.6 is 9.24 Å². The van der Waals surface area contributed by atoms with Gasteiger partial charge in [0.25, 0.3) is 0 Å². The average Bonchev–Trinajstić information content (AvgIpc) is 3.10. The van der Waals surface area contributed by atoms with Crippen molar-refractivity contribution in [1.82, 2.24) is 14.6 Å². The Morgan fingerprint density at radius 3 is 2.57 bits per heavy atom. The molecule has 4 aromatic rings. The Bertz CT molecular complexity index is 1100. The van der Waals surface area contributed by atoms with Gasteiger partial charge in [-0.25, -0.2) is 4.98 Å². The maximum absolute atomic E-state index is 10.3. The number of nitrogens with one attached hydrogen (secondary N) is 1. The van der Waals surface area contributed by atoms with E-state index in [-0.39, 0.29) is 18.4 Å². The lowest BCUT2D eigenvalue weighted by Crippen LogP contribution is -2.15. The fourth-order valence-electron chi connectivity index (χ4n) is 3.23. The van der Waals surface area contributed by atoms with E-state index < -0.39 is 0 Å². The van der Waals surface area contributed by atoms with E-state index >= 15 is 0 Å². The standard InChI is InChI=1S/C21H21N4O2P/c26-11-10-16(14-6-2-1-3-7-14)23-20-12-17(15-8-4-5-9-18(15)27)24-21-19(28)13-22-25(20)21/h1-9,12-13,16,23,26-27H,10-11,28H2. The molecule has 2 heterocycles. The Hall–Kier alpha value is -2.95. The highest BCUT2D eigenvalue weighted by Crippen LogP contribution is 2.31. The number of fused-ring (bicyclic) bond motifs is 1. The summed E-state index contributed by atoms with van der Waals surface area (Å²) in [7, 11) is 2.64. The SMILES string of the molecule is OCCC(Nc1cc(-c2ccccc2O)nc2c(P)cnn12)c1ccccc1.